The third kappa shape index (κ3) is 4.64. The second kappa shape index (κ2) is 9.64. The summed E-state index contributed by atoms with van der Waals surface area (Å²) in [6.45, 7) is 2.01. The number of hydrogen-bond acceptors (Lipinski definition) is 6. The molecule has 0 unspecified atom stereocenters. The Morgan fingerprint density at radius 1 is 1.19 bits per heavy atom. The summed E-state index contributed by atoms with van der Waals surface area (Å²) in [6, 6.07) is 18.4. The van der Waals surface area contributed by atoms with Gasteiger partial charge in [-0.05, 0) is 48.9 Å². The number of nitrogens with zero attached hydrogens (tertiary/aromatic N) is 5. The summed E-state index contributed by atoms with van der Waals surface area (Å²) in [6.07, 6.45) is 3.43. The van der Waals surface area contributed by atoms with Gasteiger partial charge >= 0.3 is 0 Å². The number of aryl methyl sites for hydroxylation is 1. The van der Waals surface area contributed by atoms with Crippen LogP contribution in [0, 0.1) is 18.3 Å². The Labute approximate surface area is 194 Å². The van der Waals surface area contributed by atoms with E-state index in [0.29, 0.717) is 27.3 Å². The first-order chi connectivity index (χ1) is 15.6. The zero-order chi connectivity index (χ0) is 22.5. The molecule has 1 N–H and O–H groups in total. The normalized spacial score (nSPS) is 10.5. The van der Waals surface area contributed by atoms with E-state index >= 15 is 0 Å². The molecule has 7 nitrogen and oxygen atoms in total. The zero-order valence-corrected chi connectivity index (χ0v) is 18.6. The van der Waals surface area contributed by atoms with Crippen LogP contribution < -0.4 is 5.32 Å². The number of aromatic nitrogens is 4. The number of nitrogens with one attached hydrogen (secondary N) is 1. The van der Waals surface area contributed by atoms with E-state index in [9.17, 15) is 4.79 Å². The van der Waals surface area contributed by atoms with Crippen LogP contribution in [0.4, 0.5) is 5.69 Å². The van der Waals surface area contributed by atoms with Gasteiger partial charge in [-0.3, -0.25) is 14.3 Å². The van der Waals surface area contributed by atoms with E-state index in [1.54, 1.807) is 30.6 Å². The van der Waals surface area contributed by atoms with Crippen LogP contribution in [0.25, 0.3) is 17.1 Å². The number of thioether (sulfide) groups is 1. The van der Waals surface area contributed by atoms with Crippen molar-refractivity contribution in [3.8, 4) is 23.1 Å². The molecular weight excluding hydrogens is 444 g/mol. The third-order valence-electron chi connectivity index (χ3n) is 4.62. The summed E-state index contributed by atoms with van der Waals surface area (Å²) in [7, 11) is 0. The minimum atomic E-state index is -0.224. The summed E-state index contributed by atoms with van der Waals surface area (Å²) in [5.41, 5.74) is 3.69. The predicted molar refractivity (Wildman–Crippen MR) is 125 cm³/mol. The Morgan fingerprint density at radius 2 is 2.03 bits per heavy atom. The highest BCUT2D eigenvalue weighted by molar-refractivity contribution is 7.99. The van der Waals surface area contributed by atoms with E-state index in [1.165, 1.54) is 11.8 Å². The maximum Gasteiger partial charge on any atom is 0.234 e. The minimum Gasteiger partial charge on any atom is -0.325 e. The van der Waals surface area contributed by atoms with Crippen molar-refractivity contribution in [2.75, 3.05) is 11.1 Å². The summed E-state index contributed by atoms with van der Waals surface area (Å²) in [5.74, 6) is 0.543. The van der Waals surface area contributed by atoms with E-state index in [-0.39, 0.29) is 11.7 Å². The minimum absolute atomic E-state index is 0.120. The standard InChI is InChI=1S/C23H17ClN6OS/c1-15-5-2-3-7-20(15)30-22(17-6-4-10-26-13-17)28-29-23(30)32-14-21(31)27-18-9-8-16(12-25)19(24)11-18/h2-11,13H,14H2,1H3,(H,27,31). The highest BCUT2D eigenvalue weighted by Crippen LogP contribution is 2.29. The van der Waals surface area contributed by atoms with Gasteiger partial charge in [0.25, 0.3) is 0 Å². The number of pyridine rings is 1. The van der Waals surface area contributed by atoms with Crippen molar-refractivity contribution in [1.29, 1.82) is 5.26 Å². The van der Waals surface area contributed by atoms with Crippen LogP contribution in [0.2, 0.25) is 5.02 Å². The van der Waals surface area contributed by atoms with Crippen molar-refractivity contribution in [2.45, 2.75) is 12.1 Å². The molecule has 0 radical (unpaired) electrons. The Kier molecular flexibility index (Phi) is 6.50. The van der Waals surface area contributed by atoms with Gasteiger partial charge in [0.15, 0.2) is 11.0 Å². The fourth-order valence-electron chi connectivity index (χ4n) is 3.09. The molecule has 32 heavy (non-hydrogen) atoms. The molecule has 0 aliphatic heterocycles. The molecule has 0 atom stereocenters. The molecule has 4 aromatic rings. The summed E-state index contributed by atoms with van der Waals surface area (Å²) in [5, 5.41) is 21.4. The molecule has 2 heterocycles. The molecule has 0 fully saturated rings. The summed E-state index contributed by atoms with van der Waals surface area (Å²) < 4.78 is 1.93. The van der Waals surface area contributed by atoms with E-state index in [1.807, 2.05) is 54.0 Å². The molecule has 0 spiro atoms. The van der Waals surface area contributed by atoms with Crippen molar-refractivity contribution in [3.05, 3.63) is 83.1 Å². The van der Waals surface area contributed by atoms with Crippen LogP contribution in [0.1, 0.15) is 11.1 Å². The highest BCUT2D eigenvalue weighted by atomic mass is 35.5. The van der Waals surface area contributed by atoms with Gasteiger partial charge in [0.05, 0.1) is 22.0 Å². The monoisotopic (exact) mass is 460 g/mol. The van der Waals surface area contributed by atoms with Gasteiger partial charge in [-0.1, -0.05) is 41.6 Å². The smallest absolute Gasteiger partial charge is 0.234 e. The number of hydrogen-bond donors (Lipinski definition) is 1. The van der Waals surface area contributed by atoms with Crippen molar-refractivity contribution in [2.24, 2.45) is 0 Å². The fraction of sp³-hybridized carbons (Fsp3) is 0.0870. The van der Waals surface area contributed by atoms with E-state index in [2.05, 4.69) is 20.5 Å². The number of anilines is 1. The highest BCUT2D eigenvalue weighted by Gasteiger charge is 2.18. The van der Waals surface area contributed by atoms with Crippen molar-refractivity contribution in [3.63, 3.8) is 0 Å². The molecule has 0 saturated heterocycles. The van der Waals surface area contributed by atoms with Gasteiger partial charge in [0, 0.05) is 23.6 Å². The first-order valence-corrected chi connectivity index (χ1v) is 11.0. The second-order valence-corrected chi connectivity index (χ2v) is 8.16. The number of amides is 1. The van der Waals surface area contributed by atoms with Crippen LogP contribution in [0.3, 0.4) is 0 Å². The first kappa shape index (κ1) is 21.6. The lowest BCUT2D eigenvalue weighted by Gasteiger charge is -2.12. The Bertz CT molecular complexity index is 1320. The van der Waals surface area contributed by atoms with E-state index < -0.39 is 0 Å². The number of rotatable bonds is 6. The van der Waals surface area contributed by atoms with Gasteiger partial charge in [-0.25, -0.2) is 0 Å². The second-order valence-electron chi connectivity index (χ2n) is 6.81. The molecule has 9 heteroatoms. The van der Waals surface area contributed by atoms with Crippen LogP contribution in [0.15, 0.2) is 72.1 Å². The molecule has 0 saturated carbocycles. The molecule has 4 rings (SSSR count). The largest absolute Gasteiger partial charge is 0.325 e. The number of carbonyl (C=O) groups is 1. The molecule has 1 amide bonds. The third-order valence-corrected chi connectivity index (χ3v) is 5.86. The van der Waals surface area contributed by atoms with Gasteiger partial charge in [0.1, 0.15) is 6.07 Å². The van der Waals surface area contributed by atoms with Crippen LogP contribution in [-0.2, 0) is 4.79 Å². The average molecular weight is 461 g/mol. The lowest BCUT2D eigenvalue weighted by molar-refractivity contribution is -0.113. The number of benzene rings is 2. The number of carbonyl (C=O) groups excluding carboxylic acids is 1. The number of halogens is 1. The van der Waals surface area contributed by atoms with Gasteiger partial charge < -0.3 is 5.32 Å². The molecule has 2 aromatic heterocycles. The lowest BCUT2D eigenvalue weighted by Crippen LogP contribution is -2.14. The number of para-hydroxylation sites is 1. The predicted octanol–water partition coefficient (Wildman–Crippen LogP) is 4.89. The molecule has 0 aliphatic carbocycles. The molecule has 0 bridgehead atoms. The van der Waals surface area contributed by atoms with Crippen molar-refractivity contribution < 1.29 is 4.79 Å². The maximum atomic E-state index is 12.5. The topological polar surface area (TPSA) is 96.5 Å². The van der Waals surface area contributed by atoms with E-state index in [0.717, 1.165) is 16.8 Å². The van der Waals surface area contributed by atoms with Crippen LogP contribution in [-0.4, -0.2) is 31.4 Å². The van der Waals surface area contributed by atoms with Gasteiger partial charge in [0.2, 0.25) is 5.91 Å². The number of nitriles is 1. The summed E-state index contributed by atoms with van der Waals surface area (Å²) in [4.78, 5) is 16.7. The zero-order valence-electron chi connectivity index (χ0n) is 17.0. The van der Waals surface area contributed by atoms with Crippen LogP contribution in [0.5, 0.6) is 0 Å². The first-order valence-electron chi connectivity index (χ1n) is 9.61. The SMILES string of the molecule is Cc1ccccc1-n1c(SCC(=O)Nc2ccc(C#N)c(Cl)c2)nnc1-c1cccnc1. The van der Waals surface area contributed by atoms with Crippen LogP contribution >= 0.6 is 23.4 Å². The average Bonchev–Trinajstić information content (AvgIpc) is 3.22. The quantitative estimate of drug-likeness (QED) is 0.411. The van der Waals surface area contributed by atoms with Crippen molar-refractivity contribution in [1.82, 2.24) is 19.7 Å². The van der Waals surface area contributed by atoms with Gasteiger partial charge in [-0.15, -0.1) is 10.2 Å². The molecular formula is C23H17ClN6OS. The Balaban J connectivity index is 1.58. The van der Waals surface area contributed by atoms with Crippen molar-refractivity contribution >= 4 is 35.0 Å². The molecule has 0 aliphatic rings. The van der Waals surface area contributed by atoms with Gasteiger partial charge in [-0.2, -0.15) is 5.26 Å². The maximum absolute atomic E-state index is 12.5. The Hall–Kier alpha value is -3.67. The molecule has 158 valence electrons. The fourth-order valence-corrected chi connectivity index (χ4v) is 4.06. The summed E-state index contributed by atoms with van der Waals surface area (Å²) >= 11 is 7.32. The Morgan fingerprint density at radius 3 is 2.75 bits per heavy atom. The molecule has 2 aromatic carbocycles. The van der Waals surface area contributed by atoms with E-state index in [4.69, 9.17) is 16.9 Å². The lowest BCUT2D eigenvalue weighted by atomic mass is 10.2.